The highest BCUT2D eigenvalue weighted by atomic mass is 32.2. The lowest BCUT2D eigenvalue weighted by Crippen LogP contribution is -2.52. The van der Waals surface area contributed by atoms with Gasteiger partial charge >= 0.3 is 0 Å². The van der Waals surface area contributed by atoms with Crippen LogP contribution >= 0.6 is 11.8 Å². The predicted molar refractivity (Wildman–Crippen MR) is 67.9 cm³/mol. The number of piperazine rings is 1. The van der Waals surface area contributed by atoms with Crippen LogP contribution in [0.4, 0.5) is 5.82 Å². The van der Waals surface area contributed by atoms with Gasteiger partial charge in [0, 0.05) is 31.9 Å². The fraction of sp³-hybridized carbons (Fsp3) is 0.583. The van der Waals surface area contributed by atoms with Crippen molar-refractivity contribution >= 4 is 17.6 Å². The summed E-state index contributed by atoms with van der Waals surface area (Å²) in [5.74, 6) is 1.20. The van der Waals surface area contributed by atoms with Crippen molar-refractivity contribution in [1.29, 1.82) is 0 Å². The molecule has 4 heteroatoms. The van der Waals surface area contributed by atoms with Gasteiger partial charge in [-0.15, -0.1) is 0 Å². The largest absolute Gasteiger partial charge is 0.341 e. The first-order valence-corrected chi connectivity index (χ1v) is 6.76. The van der Waals surface area contributed by atoms with Crippen LogP contribution in [0.3, 0.4) is 0 Å². The summed E-state index contributed by atoms with van der Waals surface area (Å²) >= 11 is 1.96. The van der Waals surface area contributed by atoms with Gasteiger partial charge in [-0.05, 0) is 26.0 Å². The summed E-state index contributed by atoms with van der Waals surface area (Å²) in [6, 6.07) is 4.87. The maximum absolute atomic E-state index is 4.50. The van der Waals surface area contributed by atoms with Gasteiger partial charge < -0.3 is 4.90 Å². The predicted octanol–water partition coefficient (Wildman–Crippen LogP) is 2.04. The SMILES string of the molecule is CC(C)N1CCN2c3ncccc3S[C@H]2C1. The minimum atomic E-state index is 0.570. The Kier molecular flexibility index (Phi) is 2.56. The zero-order valence-corrected chi connectivity index (χ0v) is 10.6. The highest BCUT2D eigenvalue weighted by Gasteiger charge is 2.36. The van der Waals surface area contributed by atoms with Crippen molar-refractivity contribution in [3.8, 4) is 0 Å². The third-order valence-electron chi connectivity index (χ3n) is 3.38. The molecule has 0 spiro atoms. The Labute approximate surface area is 101 Å². The second-order valence-corrected chi connectivity index (χ2v) is 5.90. The van der Waals surface area contributed by atoms with E-state index >= 15 is 0 Å². The zero-order chi connectivity index (χ0) is 11.1. The van der Waals surface area contributed by atoms with E-state index in [2.05, 4.69) is 34.7 Å². The van der Waals surface area contributed by atoms with E-state index in [1.54, 1.807) is 0 Å². The number of hydrogen-bond acceptors (Lipinski definition) is 4. The van der Waals surface area contributed by atoms with E-state index in [-0.39, 0.29) is 0 Å². The van der Waals surface area contributed by atoms with Gasteiger partial charge in [0.05, 0.1) is 10.3 Å². The van der Waals surface area contributed by atoms with Crippen LogP contribution in [0.2, 0.25) is 0 Å². The van der Waals surface area contributed by atoms with E-state index in [1.165, 1.54) is 10.7 Å². The van der Waals surface area contributed by atoms with Crippen LogP contribution in [0.25, 0.3) is 0 Å². The molecule has 2 aliphatic heterocycles. The number of aromatic nitrogens is 1. The highest BCUT2D eigenvalue weighted by Crippen LogP contribution is 2.43. The Morgan fingerprint density at radius 2 is 2.31 bits per heavy atom. The number of hydrogen-bond donors (Lipinski definition) is 0. The van der Waals surface area contributed by atoms with Crippen LogP contribution < -0.4 is 4.90 Å². The molecule has 1 saturated heterocycles. The molecule has 0 radical (unpaired) electrons. The van der Waals surface area contributed by atoms with Crippen molar-refractivity contribution in [3.63, 3.8) is 0 Å². The van der Waals surface area contributed by atoms with Gasteiger partial charge in [0.15, 0.2) is 0 Å². The van der Waals surface area contributed by atoms with E-state index in [0.29, 0.717) is 11.4 Å². The third-order valence-corrected chi connectivity index (χ3v) is 4.63. The number of nitrogens with zero attached hydrogens (tertiary/aromatic N) is 3. The number of fused-ring (bicyclic) bond motifs is 3. The molecule has 0 aromatic carbocycles. The van der Waals surface area contributed by atoms with Gasteiger partial charge in [0.25, 0.3) is 0 Å². The summed E-state index contributed by atoms with van der Waals surface area (Å²) in [6.45, 7) is 7.98. The molecule has 0 bridgehead atoms. The molecule has 0 saturated carbocycles. The lowest BCUT2D eigenvalue weighted by atomic mass is 10.2. The molecule has 3 heterocycles. The number of pyridine rings is 1. The Morgan fingerprint density at radius 1 is 1.44 bits per heavy atom. The fourth-order valence-electron chi connectivity index (χ4n) is 2.42. The molecular weight excluding hydrogens is 218 g/mol. The Balaban J connectivity index is 1.82. The molecule has 1 aromatic heterocycles. The van der Waals surface area contributed by atoms with Crippen LogP contribution in [-0.2, 0) is 0 Å². The standard InChI is InChI=1S/C12H17N3S/c1-9(2)14-6-7-15-11(8-14)16-10-4-3-5-13-12(10)15/h3-5,9,11H,6-8H2,1-2H3/t11-/m0/s1. The van der Waals surface area contributed by atoms with Crippen molar-refractivity contribution in [3.05, 3.63) is 18.3 Å². The number of rotatable bonds is 1. The summed E-state index contributed by atoms with van der Waals surface area (Å²) in [5, 5.41) is 0.570. The van der Waals surface area contributed by atoms with Crippen molar-refractivity contribution in [2.24, 2.45) is 0 Å². The molecule has 0 unspecified atom stereocenters. The smallest absolute Gasteiger partial charge is 0.143 e. The second-order valence-electron chi connectivity index (χ2n) is 4.68. The normalized spacial score (nSPS) is 24.7. The van der Waals surface area contributed by atoms with Crippen LogP contribution in [0, 0.1) is 0 Å². The average molecular weight is 235 g/mol. The van der Waals surface area contributed by atoms with Gasteiger partial charge in [0.1, 0.15) is 5.82 Å². The summed E-state index contributed by atoms with van der Waals surface area (Å²) in [7, 11) is 0. The van der Waals surface area contributed by atoms with Crippen LogP contribution in [0.5, 0.6) is 0 Å². The second kappa shape index (κ2) is 3.93. The van der Waals surface area contributed by atoms with Crippen molar-refractivity contribution < 1.29 is 0 Å². The van der Waals surface area contributed by atoms with Gasteiger partial charge in [-0.1, -0.05) is 11.8 Å². The summed E-state index contributed by atoms with van der Waals surface area (Å²) in [5.41, 5.74) is 0. The topological polar surface area (TPSA) is 19.4 Å². The lowest BCUT2D eigenvalue weighted by molar-refractivity contribution is 0.202. The lowest BCUT2D eigenvalue weighted by Gasteiger charge is -2.39. The minimum absolute atomic E-state index is 0.570. The molecule has 2 aliphatic rings. The molecule has 0 aliphatic carbocycles. The Morgan fingerprint density at radius 3 is 3.12 bits per heavy atom. The number of thioether (sulfide) groups is 1. The molecule has 3 rings (SSSR count). The molecular formula is C12H17N3S. The summed E-state index contributed by atoms with van der Waals surface area (Å²) in [6.07, 6.45) is 1.90. The van der Waals surface area contributed by atoms with Crippen molar-refractivity contribution in [1.82, 2.24) is 9.88 Å². The van der Waals surface area contributed by atoms with Gasteiger partial charge in [-0.2, -0.15) is 0 Å². The first-order valence-electron chi connectivity index (χ1n) is 5.88. The maximum Gasteiger partial charge on any atom is 0.143 e. The molecule has 0 amide bonds. The number of anilines is 1. The minimum Gasteiger partial charge on any atom is -0.341 e. The van der Waals surface area contributed by atoms with Gasteiger partial charge in [-0.3, -0.25) is 4.90 Å². The first kappa shape index (κ1) is 10.4. The summed E-state index contributed by atoms with van der Waals surface area (Å²) in [4.78, 5) is 10.9. The average Bonchev–Trinajstić information content (AvgIpc) is 2.66. The van der Waals surface area contributed by atoms with Crippen LogP contribution in [0.15, 0.2) is 23.2 Å². The Hall–Kier alpha value is -0.740. The monoisotopic (exact) mass is 235 g/mol. The summed E-state index contributed by atoms with van der Waals surface area (Å²) < 4.78 is 0. The molecule has 1 atom stereocenters. The molecule has 1 fully saturated rings. The van der Waals surface area contributed by atoms with E-state index in [0.717, 1.165) is 19.6 Å². The van der Waals surface area contributed by atoms with Crippen molar-refractivity contribution in [2.75, 3.05) is 24.5 Å². The highest BCUT2D eigenvalue weighted by molar-refractivity contribution is 8.00. The molecule has 16 heavy (non-hydrogen) atoms. The van der Waals surface area contributed by atoms with Gasteiger partial charge in [0.2, 0.25) is 0 Å². The third kappa shape index (κ3) is 1.60. The van der Waals surface area contributed by atoms with Crippen LogP contribution in [-0.4, -0.2) is 40.9 Å². The zero-order valence-electron chi connectivity index (χ0n) is 9.76. The van der Waals surface area contributed by atoms with E-state index in [4.69, 9.17) is 0 Å². The van der Waals surface area contributed by atoms with E-state index < -0.39 is 0 Å². The van der Waals surface area contributed by atoms with Gasteiger partial charge in [-0.25, -0.2) is 4.98 Å². The molecule has 1 aromatic rings. The van der Waals surface area contributed by atoms with E-state index in [1.807, 2.05) is 24.0 Å². The molecule has 3 nitrogen and oxygen atoms in total. The Bertz CT molecular complexity index is 394. The fourth-order valence-corrected chi connectivity index (χ4v) is 3.74. The van der Waals surface area contributed by atoms with Crippen molar-refractivity contribution in [2.45, 2.75) is 30.2 Å². The molecule has 86 valence electrons. The quantitative estimate of drug-likeness (QED) is 0.741. The molecule has 0 N–H and O–H groups in total. The van der Waals surface area contributed by atoms with Crippen LogP contribution in [0.1, 0.15) is 13.8 Å². The maximum atomic E-state index is 4.50. The van der Waals surface area contributed by atoms with E-state index in [9.17, 15) is 0 Å². The first-order chi connectivity index (χ1) is 7.75.